The normalized spacial score (nSPS) is 12.9. The van der Waals surface area contributed by atoms with Crippen LogP contribution < -0.4 is 9.64 Å². The van der Waals surface area contributed by atoms with E-state index in [-0.39, 0.29) is 12.5 Å². The number of anilines is 1. The minimum atomic E-state index is -0.0563. The standard InChI is InChI=1S/C29H28N2O2/c1-4-5-6-8-11-21-14-16-23(17-15-21)29-25-18-24(22-12-9-7-10-13-22)27(33-3)19-26(25)31(2)28(32)20-30-29/h7,9-10,12-19H,4-6,20H2,1-3H3. The number of methoxy groups -OCH3 is 1. The number of hydrogen-bond acceptors (Lipinski definition) is 3. The number of ether oxygens (including phenoxy) is 1. The summed E-state index contributed by atoms with van der Waals surface area (Å²) < 4.78 is 5.71. The fourth-order valence-electron chi connectivity index (χ4n) is 3.91. The van der Waals surface area contributed by atoms with Gasteiger partial charge in [0.25, 0.3) is 0 Å². The molecule has 1 amide bonds. The first-order valence-corrected chi connectivity index (χ1v) is 11.3. The van der Waals surface area contributed by atoms with E-state index >= 15 is 0 Å². The van der Waals surface area contributed by atoms with Gasteiger partial charge in [0.1, 0.15) is 12.3 Å². The number of benzene rings is 3. The Hall–Kier alpha value is -3.84. The molecule has 0 saturated heterocycles. The van der Waals surface area contributed by atoms with Gasteiger partial charge in [0.2, 0.25) is 5.91 Å². The molecular formula is C29H28N2O2. The Labute approximate surface area is 195 Å². The fourth-order valence-corrected chi connectivity index (χ4v) is 3.91. The molecule has 0 aromatic heterocycles. The number of benzodiazepines with no additional fused rings is 1. The quantitative estimate of drug-likeness (QED) is 0.379. The maximum atomic E-state index is 12.7. The van der Waals surface area contributed by atoms with Crippen LogP contribution in [-0.2, 0) is 4.79 Å². The van der Waals surface area contributed by atoms with Crippen molar-refractivity contribution in [2.24, 2.45) is 4.99 Å². The highest BCUT2D eigenvalue weighted by Gasteiger charge is 2.25. The molecule has 0 aliphatic carbocycles. The van der Waals surface area contributed by atoms with Crippen molar-refractivity contribution in [3.05, 3.63) is 83.4 Å². The Balaban J connectivity index is 1.80. The number of hydrogen-bond donors (Lipinski definition) is 0. The van der Waals surface area contributed by atoms with Gasteiger partial charge in [-0.25, -0.2) is 0 Å². The molecule has 1 aliphatic rings. The van der Waals surface area contributed by atoms with Crippen molar-refractivity contribution >= 4 is 17.3 Å². The van der Waals surface area contributed by atoms with Crippen LogP contribution in [0.2, 0.25) is 0 Å². The first-order valence-electron chi connectivity index (χ1n) is 11.3. The molecule has 1 heterocycles. The summed E-state index contributed by atoms with van der Waals surface area (Å²) in [7, 11) is 3.44. The molecule has 0 radical (unpaired) electrons. The van der Waals surface area contributed by atoms with Crippen LogP contribution in [-0.4, -0.2) is 32.3 Å². The first-order chi connectivity index (χ1) is 16.1. The van der Waals surface area contributed by atoms with E-state index < -0.39 is 0 Å². The van der Waals surface area contributed by atoms with Gasteiger partial charge >= 0.3 is 0 Å². The van der Waals surface area contributed by atoms with Crippen molar-refractivity contribution in [3.8, 4) is 28.7 Å². The lowest BCUT2D eigenvalue weighted by molar-refractivity contribution is -0.116. The highest BCUT2D eigenvalue weighted by atomic mass is 16.5. The number of rotatable bonds is 5. The van der Waals surface area contributed by atoms with Gasteiger partial charge in [-0.1, -0.05) is 67.6 Å². The molecule has 0 spiro atoms. The third kappa shape index (κ3) is 4.83. The summed E-state index contributed by atoms with van der Waals surface area (Å²) in [4.78, 5) is 19.1. The molecule has 0 atom stereocenters. The molecule has 3 aromatic rings. The van der Waals surface area contributed by atoms with E-state index in [1.54, 1.807) is 19.1 Å². The van der Waals surface area contributed by atoms with Crippen LogP contribution in [0.3, 0.4) is 0 Å². The van der Waals surface area contributed by atoms with Crippen molar-refractivity contribution in [3.63, 3.8) is 0 Å². The van der Waals surface area contributed by atoms with Crippen LogP contribution in [0, 0.1) is 11.8 Å². The second kappa shape index (κ2) is 10.2. The molecule has 0 bridgehead atoms. The molecule has 4 heteroatoms. The first kappa shape index (κ1) is 22.4. The molecule has 0 unspecified atom stereocenters. The van der Waals surface area contributed by atoms with Gasteiger partial charge in [0.15, 0.2) is 0 Å². The van der Waals surface area contributed by atoms with Crippen LogP contribution in [0.5, 0.6) is 5.75 Å². The number of aliphatic imine (C=N–C) groups is 1. The number of nitrogens with zero attached hydrogens (tertiary/aromatic N) is 2. The van der Waals surface area contributed by atoms with Crippen molar-refractivity contribution in [1.82, 2.24) is 0 Å². The largest absolute Gasteiger partial charge is 0.496 e. The van der Waals surface area contributed by atoms with Crippen LogP contribution in [0.4, 0.5) is 5.69 Å². The molecule has 3 aromatic carbocycles. The summed E-state index contributed by atoms with van der Waals surface area (Å²) >= 11 is 0. The number of likely N-dealkylation sites (N-methyl/N-ethyl adjacent to an activating group) is 1. The average Bonchev–Trinajstić information content (AvgIpc) is 2.98. The summed E-state index contributed by atoms with van der Waals surface area (Å²) in [6.45, 7) is 2.27. The topological polar surface area (TPSA) is 41.9 Å². The van der Waals surface area contributed by atoms with Crippen molar-refractivity contribution < 1.29 is 9.53 Å². The smallest absolute Gasteiger partial charge is 0.248 e. The minimum absolute atomic E-state index is 0.0563. The van der Waals surface area contributed by atoms with E-state index in [0.717, 1.165) is 64.2 Å². The third-order valence-electron chi connectivity index (χ3n) is 5.81. The third-order valence-corrected chi connectivity index (χ3v) is 5.81. The van der Waals surface area contributed by atoms with Crippen LogP contribution in [0.25, 0.3) is 11.1 Å². The Kier molecular flexibility index (Phi) is 6.90. The summed E-state index contributed by atoms with van der Waals surface area (Å²) in [5.41, 5.74) is 6.45. The Bertz CT molecular complexity index is 1230. The van der Waals surface area contributed by atoms with E-state index in [1.807, 2.05) is 48.5 Å². The molecule has 33 heavy (non-hydrogen) atoms. The zero-order valence-corrected chi connectivity index (χ0v) is 19.4. The summed E-state index contributed by atoms with van der Waals surface area (Å²) in [6, 6.07) is 22.2. The van der Waals surface area contributed by atoms with E-state index in [0.29, 0.717) is 0 Å². The van der Waals surface area contributed by atoms with Crippen molar-refractivity contribution in [2.45, 2.75) is 26.2 Å². The predicted molar refractivity (Wildman–Crippen MR) is 135 cm³/mol. The lowest BCUT2D eigenvalue weighted by atomic mass is 9.94. The van der Waals surface area contributed by atoms with Crippen molar-refractivity contribution in [1.29, 1.82) is 0 Å². The number of amides is 1. The van der Waals surface area contributed by atoms with E-state index in [9.17, 15) is 4.79 Å². The number of unbranched alkanes of at least 4 members (excludes halogenated alkanes) is 2. The van der Waals surface area contributed by atoms with Gasteiger partial charge in [-0.3, -0.25) is 9.79 Å². The Morgan fingerprint density at radius 1 is 1.00 bits per heavy atom. The predicted octanol–water partition coefficient (Wildman–Crippen LogP) is 5.72. The summed E-state index contributed by atoms with van der Waals surface area (Å²) in [5, 5.41) is 0. The monoisotopic (exact) mass is 436 g/mol. The summed E-state index contributed by atoms with van der Waals surface area (Å²) in [6.07, 6.45) is 3.18. The molecule has 4 nitrogen and oxygen atoms in total. The maximum absolute atomic E-state index is 12.7. The van der Waals surface area contributed by atoms with E-state index in [4.69, 9.17) is 9.73 Å². The highest BCUT2D eigenvalue weighted by molar-refractivity contribution is 6.20. The number of carbonyl (C=O) groups excluding carboxylic acids is 1. The zero-order chi connectivity index (χ0) is 23.2. The van der Waals surface area contributed by atoms with Crippen LogP contribution in [0.15, 0.2) is 71.7 Å². The number of fused-ring (bicyclic) bond motifs is 1. The molecule has 4 rings (SSSR count). The molecule has 1 aliphatic heterocycles. The van der Waals surface area contributed by atoms with E-state index in [1.165, 1.54) is 0 Å². The van der Waals surface area contributed by atoms with Gasteiger partial charge in [-0.05, 0) is 30.2 Å². The minimum Gasteiger partial charge on any atom is -0.496 e. The average molecular weight is 437 g/mol. The Morgan fingerprint density at radius 3 is 2.45 bits per heavy atom. The second-order valence-electron chi connectivity index (χ2n) is 8.04. The maximum Gasteiger partial charge on any atom is 0.248 e. The lowest BCUT2D eigenvalue weighted by Gasteiger charge is -2.21. The van der Waals surface area contributed by atoms with Crippen LogP contribution in [0.1, 0.15) is 42.9 Å². The van der Waals surface area contributed by atoms with Gasteiger partial charge < -0.3 is 9.64 Å². The highest BCUT2D eigenvalue weighted by Crippen LogP contribution is 2.38. The van der Waals surface area contributed by atoms with Gasteiger partial charge in [-0.15, -0.1) is 0 Å². The van der Waals surface area contributed by atoms with Gasteiger partial charge in [0, 0.05) is 41.8 Å². The summed E-state index contributed by atoms with van der Waals surface area (Å²) in [5.74, 6) is 7.13. The molecule has 0 saturated carbocycles. The van der Waals surface area contributed by atoms with Gasteiger partial charge in [0.05, 0.1) is 18.5 Å². The lowest BCUT2D eigenvalue weighted by Crippen LogP contribution is -2.27. The fraction of sp³-hybridized carbons (Fsp3) is 0.241. The molecule has 0 fully saturated rings. The molecule has 0 N–H and O–H groups in total. The van der Waals surface area contributed by atoms with Gasteiger partial charge in [-0.2, -0.15) is 0 Å². The zero-order valence-electron chi connectivity index (χ0n) is 19.4. The van der Waals surface area contributed by atoms with Crippen molar-refractivity contribution in [2.75, 3.05) is 25.6 Å². The molecular weight excluding hydrogens is 408 g/mol. The number of carbonyl (C=O) groups is 1. The van der Waals surface area contributed by atoms with Crippen LogP contribution >= 0.6 is 0 Å². The Morgan fingerprint density at radius 2 is 1.76 bits per heavy atom. The second-order valence-corrected chi connectivity index (χ2v) is 8.04. The van der Waals surface area contributed by atoms with E-state index in [2.05, 4.69) is 37.0 Å². The SMILES string of the molecule is CCCCC#Cc1ccc(C2=NCC(=O)N(C)c3cc(OC)c(-c4ccccc4)cc32)cc1. The molecule has 166 valence electrons.